The quantitative estimate of drug-likeness (QED) is 0.661. The second kappa shape index (κ2) is 8.41. The summed E-state index contributed by atoms with van der Waals surface area (Å²) in [6.07, 6.45) is -0.141. The van der Waals surface area contributed by atoms with E-state index in [-0.39, 0.29) is 18.5 Å². The predicted octanol–water partition coefficient (Wildman–Crippen LogP) is 3.42. The highest BCUT2D eigenvalue weighted by Gasteiger charge is 2.14. The number of hydrogen-bond acceptors (Lipinski definition) is 7. The summed E-state index contributed by atoms with van der Waals surface area (Å²) in [6.45, 7) is -0.329. The van der Waals surface area contributed by atoms with Gasteiger partial charge >= 0.3 is 6.08 Å². The molecule has 3 rings (SSSR count). The Balaban J connectivity index is 1.63. The fourth-order valence-corrected chi connectivity index (χ4v) is 2.47. The van der Waals surface area contributed by atoms with Crippen LogP contribution < -0.4 is 19.5 Å². The van der Waals surface area contributed by atoms with Crippen molar-refractivity contribution in [3.63, 3.8) is 0 Å². The minimum Gasteiger partial charge on any atom is -0.497 e. The molecule has 8 nitrogen and oxygen atoms in total. The molecule has 1 amide bonds. The molecule has 0 unspecified atom stereocenters. The van der Waals surface area contributed by atoms with Gasteiger partial charge in [-0.15, -0.1) is 0 Å². The standard InChI is InChI=1S/C18H16ClN3O5/c1-24-11-7-8-15(25-2)14(9-11)20-16(23)10-26-18-21-17(22-27-18)12-5-3-4-6-13(12)19/h3-9H,10H2,1-2H3,(H,20,23). The normalized spacial score (nSPS) is 10.3. The van der Waals surface area contributed by atoms with Gasteiger partial charge in [-0.05, 0) is 24.3 Å². The van der Waals surface area contributed by atoms with Gasteiger partial charge in [0, 0.05) is 11.6 Å². The molecule has 0 saturated heterocycles. The van der Waals surface area contributed by atoms with Gasteiger partial charge in [0.05, 0.1) is 24.9 Å². The highest BCUT2D eigenvalue weighted by molar-refractivity contribution is 6.33. The number of hydrogen-bond donors (Lipinski definition) is 1. The number of nitrogens with one attached hydrogen (secondary N) is 1. The maximum Gasteiger partial charge on any atom is 0.418 e. The van der Waals surface area contributed by atoms with Crippen molar-refractivity contribution in [2.75, 3.05) is 26.1 Å². The molecule has 0 aliphatic carbocycles. The Morgan fingerprint density at radius 1 is 1.19 bits per heavy atom. The van der Waals surface area contributed by atoms with E-state index in [9.17, 15) is 4.79 Å². The molecular weight excluding hydrogens is 374 g/mol. The smallest absolute Gasteiger partial charge is 0.418 e. The fourth-order valence-electron chi connectivity index (χ4n) is 2.25. The van der Waals surface area contributed by atoms with Gasteiger partial charge in [0.25, 0.3) is 5.91 Å². The van der Waals surface area contributed by atoms with E-state index in [4.69, 9.17) is 30.3 Å². The van der Waals surface area contributed by atoms with E-state index < -0.39 is 5.91 Å². The number of anilines is 1. The van der Waals surface area contributed by atoms with E-state index in [1.807, 2.05) is 0 Å². The lowest BCUT2D eigenvalue weighted by Gasteiger charge is -2.11. The molecular formula is C18H16ClN3O5. The largest absolute Gasteiger partial charge is 0.497 e. The maximum atomic E-state index is 12.1. The summed E-state index contributed by atoms with van der Waals surface area (Å²) < 4.78 is 20.6. The van der Waals surface area contributed by atoms with E-state index >= 15 is 0 Å². The SMILES string of the molecule is COc1ccc(OC)c(NC(=O)COc2nc(-c3ccccc3Cl)no2)c1. The Hall–Kier alpha value is -3.26. The first-order valence-electron chi connectivity index (χ1n) is 7.84. The number of nitrogens with zero attached hydrogens (tertiary/aromatic N) is 2. The molecule has 0 spiro atoms. The summed E-state index contributed by atoms with van der Waals surface area (Å²) in [5, 5.41) is 6.95. The Kier molecular flexibility index (Phi) is 5.77. The van der Waals surface area contributed by atoms with Crippen molar-refractivity contribution < 1.29 is 23.5 Å². The Bertz CT molecular complexity index is 944. The molecule has 140 valence electrons. The minimum absolute atomic E-state index is 0.141. The number of carbonyl (C=O) groups excluding carboxylic acids is 1. The van der Waals surface area contributed by atoms with Crippen molar-refractivity contribution in [1.82, 2.24) is 10.1 Å². The van der Waals surface area contributed by atoms with Gasteiger partial charge in [0.15, 0.2) is 6.61 Å². The summed E-state index contributed by atoms with van der Waals surface area (Å²) >= 11 is 6.09. The van der Waals surface area contributed by atoms with Crippen LogP contribution in [0.1, 0.15) is 0 Å². The molecule has 3 aromatic rings. The Morgan fingerprint density at radius 2 is 2.00 bits per heavy atom. The van der Waals surface area contributed by atoms with Crippen molar-refractivity contribution in [2.24, 2.45) is 0 Å². The number of benzene rings is 2. The molecule has 0 fully saturated rings. The van der Waals surface area contributed by atoms with Crippen LogP contribution in [-0.2, 0) is 4.79 Å². The summed E-state index contributed by atoms with van der Waals surface area (Å²) in [7, 11) is 3.03. The van der Waals surface area contributed by atoms with Gasteiger partial charge in [0.1, 0.15) is 11.5 Å². The summed E-state index contributed by atoms with van der Waals surface area (Å²) in [5.74, 6) is 0.903. The molecule has 0 bridgehead atoms. The van der Waals surface area contributed by atoms with Gasteiger partial charge in [-0.25, -0.2) is 0 Å². The summed E-state index contributed by atoms with van der Waals surface area (Å²) in [4.78, 5) is 16.2. The zero-order valence-corrected chi connectivity index (χ0v) is 15.3. The monoisotopic (exact) mass is 389 g/mol. The molecule has 0 atom stereocenters. The average Bonchev–Trinajstić information content (AvgIpc) is 3.15. The second-order valence-electron chi connectivity index (χ2n) is 5.27. The Labute approximate surface area is 160 Å². The third-order valence-corrected chi connectivity index (χ3v) is 3.86. The molecule has 2 aromatic carbocycles. The number of halogens is 1. The number of carbonyl (C=O) groups is 1. The highest BCUT2D eigenvalue weighted by atomic mass is 35.5. The molecule has 1 N–H and O–H groups in total. The van der Waals surface area contributed by atoms with Crippen LogP contribution in [0.4, 0.5) is 5.69 Å². The molecule has 0 saturated carbocycles. The van der Waals surface area contributed by atoms with Crippen molar-refractivity contribution >= 4 is 23.2 Å². The van der Waals surface area contributed by atoms with E-state index in [1.54, 1.807) is 42.5 Å². The first-order valence-corrected chi connectivity index (χ1v) is 8.22. The maximum absolute atomic E-state index is 12.1. The average molecular weight is 390 g/mol. The van der Waals surface area contributed by atoms with Gasteiger partial charge in [-0.1, -0.05) is 28.9 Å². The number of methoxy groups -OCH3 is 2. The molecule has 27 heavy (non-hydrogen) atoms. The minimum atomic E-state index is -0.431. The van der Waals surface area contributed by atoms with E-state index in [1.165, 1.54) is 14.2 Å². The fraction of sp³-hybridized carbons (Fsp3) is 0.167. The highest BCUT2D eigenvalue weighted by Crippen LogP contribution is 2.29. The topological polar surface area (TPSA) is 95.7 Å². The van der Waals surface area contributed by atoms with E-state index in [0.717, 1.165) is 0 Å². The van der Waals surface area contributed by atoms with Crippen molar-refractivity contribution in [3.8, 4) is 29.0 Å². The van der Waals surface area contributed by atoms with Crippen LogP contribution in [0, 0.1) is 0 Å². The van der Waals surface area contributed by atoms with Gasteiger partial charge in [0.2, 0.25) is 5.82 Å². The van der Waals surface area contributed by atoms with Crippen LogP contribution in [-0.4, -0.2) is 36.9 Å². The molecule has 1 aromatic heterocycles. The first-order chi connectivity index (χ1) is 13.1. The summed E-state index contributed by atoms with van der Waals surface area (Å²) in [5.41, 5.74) is 1.05. The lowest BCUT2D eigenvalue weighted by Crippen LogP contribution is -2.20. The van der Waals surface area contributed by atoms with Crippen LogP contribution in [0.3, 0.4) is 0 Å². The van der Waals surface area contributed by atoms with Crippen LogP contribution in [0.5, 0.6) is 17.6 Å². The van der Waals surface area contributed by atoms with Gasteiger partial charge < -0.3 is 19.5 Å². The third kappa shape index (κ3) is 4.48. The first kappa shape index (κ1) is 18.5. The third-order valence-electron chi connectivity index (χ3n) is 3.53. The number of amides is 1. The molecule has 1 heterocycles. The number of ether oxygens (including phenoxy) is 3. The van der Waals surface area contributed by atoms with Crippen molar-refractivity contribution in [1.29, 1.82) is 0 Å². The van der Waals surface area contributed by atoms with Gasteiger partial charge in [-0.2, -0.15) is 4.98 Å². The van der Waals surface area contributed by atoms with E-state index in [2.05, 4.69) is 15.5 Å². The second-order valence-corrected chi connectivity index (χ2v) is 5.67. The van der Waals surface area contributed by atoms with Crippen LogP contribution in [0.2, 0.25) is 5.02 Å². The Morgan fingerprint density at radius 3 is 2.74 bits per heavy atom. The van der Waals surface area contributed by atoms with Crippen LogP contribution >= 0.6 is 11.6 Å². The lowest BCUT2D eigenvalue weighted by molar-refractivity contribution is -0.118. The molecule has 9 heteroatoms. The van der Waals surface area contributed by atoms with Crippen LogP contribution in [0.25, 0.3) is 11.4 Å². The van der Waals surface area contributed by atoms with Crippen molar-refractivity contribution in [2.45, 2.75) is 0 Å². The lowest BCUT2D eigenvalue weighted by atomic mass is 10.2. The van der Waals surface area contributed by atoms with E-state index in [0.29, 0.717) is 27.8 Å². The molecule has 0 radical (unpaired) electrons. The van der Waals surface area contributed by atoms with Gasteiger partial charge in [-0.3, -0.25) is 9.32 Å². The number of aromatic nitrogens is 2. The van der Waals surface area contributed by atoms with Crippen molar-refractivity contribution in [3.05, 3.63) is 47.5 Å². The zero-order valence-electron chi connectivity index (χ0n) is 14.6. The van der Waals surface area contributed by atoms with Crippen LogP contribution in [0.15, 0.2) is 47.0 Å². The predicted molar refractivity (Wildman–Crippen MR) is 98.4 cm³/mol. The molecule has 0 aliphatic rings. The summed E-state index contributed by atoms with van der Waals surface area (Å²) in [6, 6.07) is 12.1. The molecule has 0 aliphatic heterocycles. The number of rotatable bonds is 7. The zero-order chi connectivity index (χ0) is 19.2.